The number of fused-ring (bicyclic) bond motifs is 1. The smallest absolute Gasteiger partial charge is 0.321 e. The molecule has 2 heterocycles. The van der Waals surface area contributed by atoms with Gasteiger partial charge in [-0.1, -0.05) is 18.2 Å². The third-order valence-electron chi connectivity index (χ3n) is 3.91. The van der Waals surface area contributed by atoms with Crippen molar-refractivity contribution in [2.45, 2.75) is 0 Å². The lowest BCUT2D eigenvalue weighted by Gasteiger charge is -2.34. The first-order valence-electron chi connectivity index (χ1n) is 7.23. The van der Waals surface area contributed by atoms with Crippen molar-refractivity contribution in [2.75, 3.05) is 44.6 Å². The largest absolute Gasteiger partial charge is 0.395 e. The molecular weight excluding hydrogens is 268 g/mol. The summed E-state index contributed by atoms with van der Waals surface area (Å²) in [7, 11) is 0. The molecule has 0 bridgehead atoms. The van der Waals surface area contributed by atoms with Crippen LogP contribution in [-0.4, -0.2) is 65.3 Å². The second-order valence-electron chi connectivity index (χ2n) is 5.23. The van der Waals surface area contributed by atoms with Gasteiger partial charge < -0.3 is 20.3 Å². The second kappa shape index (κ2) is 6.15. The van der Waals surface area contributed by atoms with E-state index in [9.17, 15) is 4.79 Å². The highest BCUT2D eigenvalue weighted by atomic mass is 16.3. The number of aliphatic hydroxyl groups excluding tert-OH is 1. The van der Waals surface area contributed by atoms with Crippen LogP contribution in [0.4, 0.5) is 10.5 Å². The van der Waals surface area contributed by atoms with E-state index in [2.05, 4.69) is 15.2 Å². The molecule has 1 aliphatic heterocycles. The Morgan fingerprint density at radius 3 is 2.76 bits per heavy atom. The number of hydrogen-bond donors (Lipinski definition) is 3. The van der Waals surface area contributed by atoms with Gasteiger partial charge in [0.15, 0.2) is 0 Å². The number of carbonyl (C=O) groups is 1. The molecule has 112 valence electrons. The number of aromatic amines is 1. The Labute approximate surface area is 123 Å². The number of amides is 2. The molecule has 0 unspecified atom stereocenters. The number of aliphatic hydroxyl groups is 1. The monoisotopic (exact) mass is 288 g/mol. The summed E-state index contributed by atoms with van der Waals surface area (Å²) in [6.07, 6.45) is 1.82. The summed E-state index contributed by atoms with van der Waals surface area (Å²) in [5, 5.41) is 12.9. The molecule has 1 aliphatic rings. The molecule has 1 saturated heterocycles. The van der Waals surface area contributed by atoms with E-state index in [1.54, 1.807) is 0 Å². The van der Waals surface area contributed by atoms with Crippen LogP contribution < -0.4 is 5.32 Å². The number of H-pyrrole nitrogens is 1. The first-order valence-corrected chi connectivity index (χ1v) is 7.23. The molecular formula is C15H20N4O2. The summed E-state index contributed by atoms with van der Waals surface area (Å²) in [5.41, 5.74) is 1.83. The lowest BCUT2D eigenvalue weighted by atomic mass is 10.2. The highest BCUT2D eigenvalue weighted by Gasteiger charge is 2.21. The number of urea groups is 1. The molecule has 6 heteroatoms. The lowest BCUT2D eigenvalue weighted by molar-refractivity contribution is 0.127. The molecule has 1 aromatic heterocycles. The van der Waals surface area contributed by atoms with E-state index < -0.39 is 0 Å². The Balaban J connectivity index is 1.62. The molecule has 0 spiro atoms. The molecule has 2 amide bonds. The molecule has 0 aliphatic carbocycles. The summed E-state index contributed by atoms with van der Waals surface area (Å²) >= 11 is 0. The Morgan fingerprint density at radius 1 is 1.24 bits per heavy atom. The van der Waals surface area contributed by atoms with Crippen molar-refractivity contribution in [1.29, 1.82) is 0 Å². The summed E-state index contributed by atoms with van der Waals surface area (Å²) in [4.78, 5) is 19.4. The van der Waals surface area contributed by atoms with E-state index in [4.69, 9.17) is 5.11 Å². The van der Waals surface area contributed by atoms with Crippen molar-refractivity contribution in [2.24, 2.45) is 0 Å². The van der Waals surface area contributed by atoms with Crippen LogP contribution in [0.25, 0.3) is 10.9 Å². The molecule has 0 atom stereocenters. The second-order valence-corrected chi connectivity index (χ2v) is 5.23. The van der Waals surface area contributed by atoms with Gasteiger partial charge in [0.1, 0.15) is 0 Å². The first kappa shape index (κ1) is 13.9. The maximum atomic E-state index is 12.3. The molecule has 1 aromatic carbocycles. The number of para-hydroxylation sites is 1. The van der Waals surface area contributed by atoms with Gasteiger partial charge in [0.05, 0.1) is 12.3 Å². The maximum absolute atomic E-state index is 12.3. The van der Waals surface area contributed by atoms with Crippen molar-refractivity contribution >= 4 is 22.6 Å². The van der Waals surface area contributed by atoms with Crippen molar-refractivity contribution in [3.8, 4) is 0 Å². The van der Waals surface area contributed by atoms with Crippen LogP contribution in [-0.2, 0) is 0 Å². The average Bonchev–Trinajstić information content (AvgIpc) is 2.92. The quantitative estimate of drug-likeness (QED) is 0.797. The zero-order valence-corrected chi connectivity index (χ0v) is 11.9. The molecule has 0 radical (unpaired) electrons. The Kier molecular flexibility index (Phi) is 4.08. The van der Waals surface area contributed by atoms with Gasteiger partial charge in [0.25, 0.3) is 0 Å². The van der Waals surface area contributed by atoms with Gasteiger partial charge in [0.2, 0.25) is 0 Å². The Hall–Kier alpha value is -2.05. The summed E-state index contributed by atoms with van der Waals surface area (Å²) in [5.74, 6) is 0. The first-order chi connectivity index (χ1) is 10.3. The number of nitrogens with zero attached hydrogens (tertiary/aromatic N) is 2. The number of hydrogen-bond acceptors (Lipinski definition) is 3. The predicted molar refractivity (Wildman–Crippen MR) is 82.4 cm³/mol. The fraction of sp³-hybridized carbons (Fsp3) is 0.400. The minimum absolute atomic E-state index is 0.0663. The number of piperazine rings is 1. The van der Waals surface area contributed by atoms with Gasteiger partial charge in [-0.05, 0) is 6.07 Å². The highest BCUT2D eigenvalue weighted by molar-refractivity contribution is 6.00. The predicted octanol–water partition coefficient (Wildman–Crippen LogP) is 1.31. The maximum Gasteiger partial charge on any atom is 0.321 e. The van der Waals surface area contributed by atoms with Crippen molar-refractivity contribution in [3.05, 3.63) is 30.5 Å². The number of benzene rings is 1. The van der Waals surface area contributed by atoms with Gasteiger partial charge in [-0.2, -0.15) is 0 Å². The SMILES string of the molecule is O=C(Nc1c[nH]c2ccccc12)N1CCN(CCO)CC1. The van der Waals surface area contributed by atoms with Crippen LogP contribution in [0.3, 0.4) is 0 Å². The van der Waals surface area contributed by atoms with E-state index in [0.717, 1.165) is 29.7 Å². The molecule has 0 saturated carbocycles. The minimum Gasteiger partial charge on any atom is -0.395 e. The molecule has 21 heavy (non-hydrogen) atoms. The van der Waals surface area contributed by atoms with Crippen LogP contribution in [0.15, 0.2) is 30.5 Å². The van der Waals surface area contributed by atoms with Crippen LogP contribution in [0.1, 0.15) is 0 Å². The summed E-state index contributed by atoms with van der Waals surface area (Å²) in [6.45, 7) is 3.84. The molecule has 2 aromatic rings. The van der Waals surface area contributed by atoms with Gasteiger partial charge in [0, 0.05) is 49.8 Å². The minimum atomic E-state index is -0.0663. The van der Waals surface area contributed by atoms with E-state index in [0.29, 0.717) is 19.6 Å². The van der Waals surface area contributed by atoms with Crippen LogP contribution >= 0.6 is 0 Å². The third-order valence-corrected chi connectivity index (χ3v) is 3.91. The number of nitrogens with one attached hydrogen (secondary N) is 2. The van der Waals surface area contributed by atoms with E-state index >= 15 is 0 Å². The fourth-order valence-corrected chi connectivity index (χ4v) is 2.69. The topological polar surface area (TPSA) is 71.6 Å². The summed E-state index contributed by atoms with van der Waals surface area (Å²) < 4.78 is 0. The van der Waals surface area contributed by atoms with Crippen LogP contribution in [0.2, 0.25) is 0 Å². The van der Waals surface area contributed by atoms with Crippen molar-refractivity contribution in [1.82, 2.24) is 14.8 Å². The van der Waals surface area contributed by atoms with Gasteiger partial charge in [-0.25, -0.2) is 4.79 Å². The van der Waals surface area contributed by atoms with Crippen LogP contribution in [0, 0.1) is 0 Å². The number of carbonyl (C=O) groups excluding carboxylic acids is 1. The zero-order chi connectivity index (χ0) is 14.7. The van der Waals surface area contributed by atoms with E-state index in [-0.39, 0.29) is 12.6 Å². The molecule has 1 fully saturated rings. The molecule has 3 N–H and O–H groups in total. The standard InChI is InChI=1S/C15H20N4O2/c20-10-9-18-5-7-19(8-6-18)15(21)17-14-11-16-13-4-2-1-3-12(13)14/h1-4,11,16,20H,5-10H2,(H,17,21). The Bertz CT molecular complexity index is 617. The van der Waals surface area contributed by atoms with Crippen LogP contribution in [0.5, 0.6) is 0 Å². The number of aromatic nitrogens is 1. The van der Waals surface area contributed by atoms with Gasteiger partial charge in [-0.15, -0.1) is 0 Å². The normalized spacial score (nSPS) is 16.3. The number of rotatable bonds is 3. The average molecular weight is 288 g/mol. The Morgan fingerprint density at radius 2 is 2.00 bits per heavy atom. The van der Waals surface area contributed by atoms with E-state index in [1.807, 2.05) is 35.4 Å². The van der Waals surface area contributed by atoms with Gasteiger partial charge >= 0.3 is 6.03 Å². The molecule has 6 nitrogen and oxygen atoms in total. The summed E-state index contributed by atoms with van der Waals surface area (Å²) in [6, 6.07) is 7.83. The van der Waals surface area contributed by atoms with Crippen molar-refractivity contribution in [3.63, 3.8) is 0 Å². The van der Waals surface area contributed by atoms with Gasteiger partial charge in [-0.3, -0.25) is 4.90 Å². The molecule has 3 rings (SSSR count). The highest BCUT2D eigenvalue weighted by Crippen LogP contribution is 2.22. The fourth-order valence-electron chi connectivity index (χ4n) is 2.69. The van der Waals surface area contributed by atoms with Crippen molar-refractivity contribution < 1.29 is 9.90 Å². The lowest BCUT2D eigenvalue weighted by Crippen LogP contribution is -2.50. The number of β-amino-alcohol motifs (C(OH)–C–C–N with tert-alkyl or cyclic N) is 1. The zero-order valence-electron chi connectivity index (χ0n) is 11.9. The number of anilines is 1. The van der Waals surface area contributed by atoms with E-state index in [1.165, 1.54) is 0 Å². The third kappa shape index (κ3) is 3.01.